The van der Waals surface area contributed by atoms with Gasteiger partial charge in [-0.2, -0.15) is 0 Å². The third kappa shape index (κ3) is 7.09. The molecule has 0 aromatic carbocycles. The summed E-state index contributed by atoms with van der Waals surface area (Å²) in [4.78, 5) is 21.5. The van der Waals surface area contributed by atoms with Crippen LogP contribution >= 0.6 is 0 Å². The number of ether oxygens (including phenoxy) is 2. The fourth-order valence-corrected chi connectivity index (χ4v) is 0.649. The number of carbonyl (C=O) groups is 2. The summed E-state index contributed by atoms with van der Waals surface area (Å²) in [5.41, 5.74) is 0. The molecule has 0 N–H and O–H groups in total. The van der Waals surface area contributed by atoms with Crippen LogP contribution in [0.1, 0.15) is 13.8 Å². The molecule has 0 aromatic rings. The quantitative estimate of drug-likeness (QED) is 0.378. The van der Waals surface area contributed by atoms with Crippen LogP contribution in [0.4, 0.5) is 0 Å². The predicted octanol–water partition coefficient (Wildman–Crippen LogP) is 1.22. The maximum absolute atomic E-state index is 10.8. The molecule has 0 amide bonds. The van der Waals surface area contributed by atoms with Crippen molar-refractivity contribution in [2.24, 2.45) is 0 Å². The topological polar surface area (TPSA) is 52.6 Å². The molecular weight excluding hydrogens is 184 g/mol. The van der Waals surface area contributed by atoms with Gasteiger partial charge in [-0.05, 0) is 13.8 Å². The number of rotatable bonds is 5. The molecule has 0 heterocycles. The van der Waals surface area contributed by atoms with Gasteiger partial charge in [-0.1, -0.05) is 12.2 Å². The highest BCUT2D eigenvalue weighted by atomic mass is 16.5. The Hall–Kier alpha value is -1.58. The van der Waals surface area contributed by atoms with Gasteiger partial charge in [-0.3, -0.25) is 0 Å². The highest BCUT2D eigenvalue weighted by Gasteiger charge is 1.92. The molecule has 0 aliphatic rings. The minimum absolute atomic E-state index is 0.338. The maximum atomic E-state index is 10.8. The maximum Gasteiger partial charge on any atom is 0.330 e. The first kappa shape index (κ1) is 12.4. The lowest BCUT2D eigenvalue weighted by Gasteiger charge is -1.93. The molecule has 0 aliphatic heterocycles. The zero-order chi connectivity index (χ0) is 10.8. The Morgan fingerprint density at radius 1 is 0.929 bits per heavy atom. The van der Waals surface area contributed by atoms with Crippen molar-refractivity contribution in [1.82, 2.24) is 0 Å². The second-order valence-corrected chi connectivity index (χ2v) is 2.22. The first-order valence-electron chi connectivity index (χ1n) is 4.39. The van der Waals surface area contributed by atoms with Crippen molar-refractivity contribution in [3.8, 4) is 0 Å². The molecule has 0 atom stereocenters. The van der Waals surface area contributed by atoms with Gasteiger partial charge in [0.15, 0.2) is 0 Å². The molecule has 4 heteroatoms. The number of hydrogen-bond acceptors (Lipinski definition) is 4. The third-order valence-corrected chi connectivity index (χ3v) is 1.15. The molecule has 0 fully saturated rings. The molecule has 78 valence electrons. The molecule has 0 spiro atoms. The number of carbonyl (C=O) groups excluding carboxylic acids is 2. The first-order chi connectivity index (χ1) is 6.70. The zero-order valence-electron chi connectivity index (χ0n) is 8.36. The van der Waals surface area contributed by atoms with Crippen LogP contribution in [-0.2, 0) is 19.1 Å². The molecule has 0 rings (SSSR count). The summed E-state index contributed by atoms with van der Waals surface area (Å²) >= 11 is 0. The van der Waals surface area contributed by atoms with Crippen LogP contribution in [0.3, 0.4) is 0 Å². The van der Waals surface area contributed by atoms with E-state index in [1.807, 2.05) is 0 Å². The second kappa shape index (κ2) is 8.04. The Morgan fingerprint density at radius 2 is 1.29 bits per heavy atom. The lowest BCUT2D eigenvalue weighted by Crippen LogP contribution is -1.99. The van der Waals surface area contributed by atoms with Crippen LogP contribution in [0.15, 0.2) is 24.3 Å². The molecule has 0 saturated carbocycles. The summed E-state index contributed by atoms with van der Waals surface area (Å²) in [6.07, 6.45) is 5.32. The monoisotopic (exact) mass is 198 g/mol. The van der Waals surface area contributed by atoms with Crippen molar-refractivity contribution in [3.63, 3.8) is 0 Å². The number of allylic oxidation sites excluding steroid dienone is 2. The van der Waals surface area contributed by atoms with Gasteiger partial charge >= 0.3 is 11.9 Å². The SMILES string of the molecule is CCOC(=O)/C=C\C=C\C(=O)OCC. The summed E-state index contributed by atoms with van der Waals surface area (Å²) < 4.78 is 9.24. The van der Waals surface area contributed by atoms with Crippen LogP contribution < -0.4 is 0 Å². The third-order valence-electron chi connectivity index (χ3n) is 1.15. The minimum atomic E-state index is -0.430. The van der Waals surface area contributed by atoms with Gasteiger partial charge in [0.25, 0.3) is 0 Å². The van der Waals surface area contributed by atoms with Crippen LogP contribution in [0.25, 0.3) is 0 Å². The van der Waals surface area contributed by atoms with Crippen LogP contribution in [-0.4, -0.2) is 25.2 Å². The highest BCUT2D eigenvalue weighted by Crippen LogP contribution is 1.85. The molecule has 4 nitrogen and oxygen atoms in total. The smallest absolute Gasteiger partial charge is 0.330 e. The Morgan fingerprint density at radius 3 is 1.57 bits per heavy atom. The van der Waals surface area contributed by atoms with Gasteiger partial charge in [0.1, 0.15) is 0 Å². The Kier molecular flexibility index (Phi) is 7.13. The summed E-state index contributed by atoms with van der Waals surface area (Å²) in [6, 6.07) is 0. The van der Waals surface area contributed by atoms with E-state index in [-0.39, 0.29) is 0 Å². The van der Waals surface area contributed by atoms with E-state index in [0.29, 0.717) is 13.2 Å². The first-order valence-corrected chi connectivity index (χ1v) is 4.39. The Labute approximate surface area is 83.2 Å². The van der Waals surface area contributed by atoms with Gasteiger partial charge in [-0.25, -0.2) is 9.59 Å². The van der Waals surface area contributed by atoms with E-state index in [1.54, 1.807) is 13.8 Å². The fraction of sp³-hybridized carbons (Fsp3) is 0.400. The Balaban J connectivity index is 3.80. The van der Waals surface area contributed by atoms with Crippen molar-refractivity contribution >= 4 is 11.9 Å². The highest BCUT2D eigenvalue weighted by molar-refractivity contribution is 5.84. The molecular formula is C10H14O4. The average Bonchev–Trinajstić information content (AvgIpc) is 2.13. The van der Waals surface area contributed by atoms with E-state index in [9.17, 15) is 9.59 Å². The summed E-state index contributed by atoms with van der Waals surface area (Å²) in [5, 5.41) is 0. The molecule has 0 aliphatic carbocycles. The standard InChI is InChI=1S/C10H14O4/c1-3-13-9(11)7-5-6-8-10(12)14-4-2/h5-8H,3-4H2,1-2H3/b7-5-,8-6+. The normalized spacial score (nSPS) is 10.7. The van der Waals surface area contributed by atoms with E-state index in [2.05, 4.69) is 9.47 Å². The van der Waals surface area contributed by atoms with Gasteiger partial charge < -0.3 is 9.47 Å². The lowest BCUT2D eigenvalue weighted by atomic mass is 10.4. The van der Waals surface area contributed by atoms with E-state index >= 15 is 0 Å². The number of hydrogen-bond donors (Lipinski definition) is 0. The van der Waals surface area contributed by atoms with E-state index in [0.717, 1.165) is 0 Å². The summed E-state index contributed by atoms with van der Waals surface area (Å²) in [6.45, 7) is 4.12. The van der Waals surface area contributed by atoms with Crippen molar-refractivity contribution in [1.29, 1.82) is 0 Å². The molecule has 0 saturated heterocycles. The fourth-order valence-electron chi connectivity index (χ4n) is 0.649. The molecule has 0 aromatic heterocycles. The molecule has 14 heavy (non-hydrogen) atoms. The summed E-state index contributed by atoms with van der Waals surface area (Å²) in [7, 11) is 0. The average molecular weight is 198 g/mol. The van der Waals surface area contributed by atoms with Crippen molar-refractivity contribution in [3.05, 3.63) is 24.3 Å². The minimum Gasteiger partial charge on any atom is -0.463 e. The van der Waals surface area contributed by atoms with Gasteiger partial charge in [-0.15, -0.1) is 0 Å². The molecule has 0 unspecified atom stereocenters. The van der Waals surface area contributed by atoms with Gasteiger partial charge in [0.05, 0.1) is 13.2 Å². The van der Waals surface area contributed by atoms with Crippen molar-refractivity contribution in [2.75, 3.05) is 13.2 Å². The van der Waals surface area contributed by atoms with Gasteiger partial charge in [0.2, 0.25) is 0 Å². The Bertz CT molecular complexity index is 215. The molecule has 0 bridgehead atoms. The van der Waals surface area contributed by atoms with Crippen LogP contribution in [0.5, 0.6) is 0 Å². The zero-order valence-corrected chi connectivity index (χ0v) is 8.36. The van der Waals surface area contributed by atoms with Crippen LogP contribution in [0.2, 0.25) is 0 Å². The van der Waals surface area contributed by atoms with E-state index in [1.165, 1.54) is 24.3 Å². The lowest BCUT2D eigenvalue weighted by molar-refractivity contribution is -0.138. The summed E-state index contributed by atoms with van der Waals surface area (Å²) in [5.74, 6) is -0.859. The largest absolute Gasteiger partial charge is 0.463 e. The van der Waals surface area contributed by atoms with Crippen molar-refractivity contribution < 1.29 is 19.1 Å². The van der Waals surface area contributed by atoms with E-state index in [4.69, 9.17) is 0 Å². The van der Waals surface area contributed by atoms with E-state index < -0.39 is 11.9 Å². The molecule has 0 radical (unpaired) electrons. The number of esters is 2. The second-order valence-electron chi connectivity index (χ2n) is 2.22. The van der Waals surface area contributed by atoms with Gasteiger partial charge in [0, 0.05) is 12.2 Å². The van der Waals surface area contributed by atoms with Crippen molar-refractivity contribution in [2.45, 2.75) is 13.8 Å². The predicted molar refractivity (Wildman–Crippen MR) is 51.5 cm³/mol. The van der Waals surface area contributed by atoms with Crippen LogP contribution in [0, 0.1) is 0 Å².